The van der Waals surface area contributed by atoms with Crippen LogP contribution in [0.4, 0.5) is 0 Å². The Morgan fingerprint density at radius 3 is 2.44 bits per heavy atom. The van der Waals surface area contributed by atoms with E-state index in [4.69, 9.17) is 11.6 Å². The highest BCUT2D eigenvalue weighted by molar-refractivity contribution is 6.30. The second kappa shape index (κ2) is 4.39. The average molecular weight is 255 g/mol. The Morgan fingerprint density at radius 1 is 0.889 bits per heavy atom. The Bertz CT molecular complexity index is 723. The number of hydrogen-bond donors (Lipinski definition) is 0. The van der Waals surface area contributed by atoms with E-state index >= 15 is 0 Å². The van der Waals surface area contributed by atoms with Gasteiger partial charge in [0.25, 0.3) is 0 Å². The number of aryl methyl sites for hydroxylation is 1. The number of nitrogens with zero attached hydrogens (tertiary/aromatic N) is 2. The van der Waals surface area contributed by atoms with Crippen LogP contribution in [0.2, 0.25) is 5.15 Å². The summed E-state index contributed by atoms with van der Waals surface area (Å²) >= 11 is 5.89. The lowest BCUT2D eigenvalue weighted by Gasteiger charge is -2.04. The molecule has 0 saturated carbocycles. The van der Waals surface area contributed by atoms with Gasteiger partial charge in [0.1, 0.15) is 0 Å². The molecule has 0 fully saturated rings. The summed E-state index contributed by atoms with van der Waals surface area (Å²) in [6, 6.07) is 16.5. The Morgan fingerprint density at radius 2 is 1.67 bits per heavy atom. The largest absolute Gasteiger partial charge is 0.154 e. The molecule has 0 radical (unpaired) electrons. The highest BCUT2D eigenvalue weighted by atomic mass is 35.5. The van der Waals surface area contributed by atoms with Crippen molar-refractivity contribution >= 4 is 22.4 Å². The minimum Gasteiger partial charge on any atom is -0.149 e. The van der Waals surface area contributed by atoms with Gasteiger partial charge in [-0.1, -0.05) is 48.0 Å². The van der Waals surface area contributed by atoms with E-state index < -0.39 is 0 Å². The second-order valence-corrected chi connectivity index (χ2v) is 4.62. The number of benzene rings is 2. The van der Waals surface area contributed by atoms with Crippen LogP contribution in [0.15, 0.2) is 48.5 Å². The lowest BCUT2D eigenvalue weighted by Crippen LogP contribution is -1.90. The van der Waals surface area contributed by atoms with Crippen molar-refractivity contribution in [2.75, 3.05) is 0 Å². The fourth-order valence-corrected chi connectivity index (χ4v) is 2.05. The maximum atomic E-state index is 5.89. The summed E-state index contributed by atoms with van der Waals surface area (Å²) in [5.41, 5.74) is 2.85. The maximum Gasteiger partial charge on any atom is 0.154 e. The van der Waals surface area contributed by atoms with Crippen molar-refractivity contribution in [1.82, 2.24) is 10.2 Å². The van der Waals surface area contributed by atoms with Crippen molar-refractivity contribution in [3.8, 4) is 11.3 Å². The summed E-state index contributed by atoms with van der Waals surface area (Å²) in [5, 5.41) is 11.0. The van der Waals surface area contributed by atoms with Crippen molar-refractivity contribution in [2.45, 2.75) is 6.92 Å². The number of rotatable bonds is 1. The van der Waals surface area contributed by atoms with Crippen molar-refractivity contribution in [3.05, 3.63) is 59.2 Å². The molecule has 1 aromatic heterocycles. The summed E-state index contributed by atoms with van der Waals surface area (Å²) in [6.07, 6.45) is 0. The molecule has 0 amide bonds. The first-order valence-corrected chi connectivity index (χ1v) is 6.11. The number of halogens is 1. The first kappa shape index (κ1) is 11.2. The molecule has 0 atom stereocenters. The molecule has 3 rings (SSSR count). The van der Waals surface area contributed by atoms with E-state index in [0.717, 1.165) is 16.8 Å². The Labute approximate surface area is 110 Å². The minimum absolute atomic E-state index is 0.458. The minimum atomic E-state index is 0.458. The molecule has 3 aromatic rings. The highest BCUT2D eigenvalue weighted by Crippen LogP contribution is 2.24. The molecule has 0 bridgehead atoms. The van der Waals surface area contributed by atoms with Crippen LogP contribution in [-0.2, 0) is 0 Å². The molecule has 0 unspecified atom stereocenters. The molecule has 1 heterocycles. The first-order chi connectivity index (χ1) is 8.74. The topological polar surface area (TPSA) is 25.8 Å². The van der Waals surface area contributed by atoms with Gasteiger partial charge in [0.05, 0.1) is 5.69 Å². The summed E-state index contributed by atoms with van der Waals surface area (Å²) in [4.78, 5) is 0. The quantitative estimate of drug-likeness (QED) is 0.648. The van der Waals surface area contributed by atoms with E-state index in [1.165, 1.54) is 10.8 Å². The summed E-state index contributed by atoms with van der Waals surface area (Å²) in [5.74, 6) is 0. The van der Waals surface area contributed by atoms with Crippen LogP contribution in [-0.4, -0.2) is 10.2 Å². The van der Waals surface area contributed by atoms with Gasteiger partial charge in [-0.3, -0.25) is 0 Å². The summed E-state index contributed by atoms with van der Waals surface area (Å²) < 4.78 is 0. The molecule has 0 N–H and O–H groups in total. The second-order valence-electron chi connectivity index (χ2n) is 4.27. The van der Waals surface area contributed by atoms with Crippen LogP contribution in [0.5, 0.6) is 0 Å². The molecule has 0 aliphatic carbocycles. The van der Waals surface area contributed by atoms with Gasteiger partial charge in [-0.05, 0) is 35.4 Å². The van der Waals surface area contributed by atoms with Crippen molar-refractivity contribution in [2.24, 2.45) is 0 Å². The van der Waals surface area contributed by atoms with E-state index in [0.29, 0.717) is 5.15 Å². The van der Waals surface area contributed by atoms with Gasteiger partial charge in [0.2, 0.25) is 0 Å². The molecular formula is C15H11ClN2. The third kappa shape index (κ3) is 1.95. The molecule has 88 valence electrons. The van der Waals surface area contributed by atoms with Crippen LogP contribution >= 0.6 is 11.6 Å². The van der Waals surface area contributed by atoms with E-state index in [9.17, 15) is 0 Å². The molecule has 0 aliphatic rings. The predicted molar refractivity (Wildman–Crippen MR) is 74.7 cm³/mol. The molecule has 0 saturated heterocycles. The van der Waals surface area contributed by atoms with Gasteiger partial charge in [-0.15, -0.1) is 10.2 Å². The van der Waals surface area contributed by atoms with Crippen LogP contribution in [0.3, 0.4) is 0 Å². The van der Waals surface area contributed by atoms with Crippen molar-refractivity contribution in [1.29, 1.82) is 0 Å². The molecule has 3 heteroatoms. The molecule has 18 heavy (non-hydrogen) atoms. The smallest absolute Gasteiger partial charge is 0.149 e. The summed E-state index contributed by atoms with van der Waals surface area (Å²) in [6.45, 7) is 1.93. The monoisotopic (exact) mass is 254 g/mol. The zero-order valence-corrected chi connectivity index (χ0v) is 10.6. The maximum absolute atomic E-state index is 5.89. The Balaban J connectivity index is 2.16. The Hall–Kier alpha value is -1.93. The van der Waals surface area contributed by atoms with E-state index in [-0.39, 0.29) is 0 Å². The molecule has 0 aliphatic heterocycles. The van der Waals surface area contributed by atoms with Gasteiger partial charge in [0, 0.05) is 5.56 Å². The third-order valence-electron chi connectivity index (χ3n) is 2.97. The molecule has 2 aromatic carbocycles. The molecule has 2 nitrogen and oxygen atoms in total. The molecule has 0 spiro atoms. The van der Waals surface area contributed by atoms with Gasteiger partial charge < -0.3 is 0 Å². The van der Waals surface area contributed by atoms with Crippen LogP contribution < -0.4 is 0 Å². The predicted octanol–water partition coefficient (Wildman–Crippen LogP) is 4.26. The van der Waals surface area contributed by atoms with Crippen molar-refractivity contribution < 1.29 is 0 Å². The van der Waals surface area contributed by atoms with Crippen LogP contribution in [0, 0.1) is 6.92 Å². The van der Waals surface area contributed by atoms with Gasteiger partial charge >= 0.3 is 0 Å². The Kier molecular flexibility index (Phi) is 2.73. The average Bonchev–Trinajstić information content (AvgIpc) is 2.41. The fourth-order valence-electron chi connectivity index (χ4n) is 1.96. The highest BCUT2D eigenvalue weighted by Gasteiger charge is 2.04. The van der Waals surface area contributed by atoms with Crippen LogP contribution in [0.1, 0.15) is 5.56 Å². The molecular weight excluding hydrogens is 244 g/mol. The standard InChI is InChI=1S/C15H11ClN2/c1-10-8-14(17-18-15(10)16)13-7-6-11-4-2-3-5-12(11)9-13/h2-9H,1H3. The normalized spacial score (nSPS) is 10.8. The van der Waals surface area contributed by atoms with E-state index in [1.54, 1.807) is 0 Å². The third-order valence-corrected chi connectivity index (χ3v) is 3.34. The van der Waals surface area contributed by atoms with Gasteiger partial charge in [-0.2, -0.15) is 0 Å². The summed E-state index contributed by atoms with van der Waals surface area (Å²) in [7, 11) is 0. The van der Waals surface area contributed by atoms with Crippen molar-refractivity contribution in [3.63, 3.8) is 0 Å². The van der Waals surface area contributed by atoms with Gasteiger partial charge in [-0.25, -0.2) is 0 Å². The first-order valence-electron chi connectivity index (χ1n) is 5.73. The number of fused-ring (bicyclic) bond motifs is 1. The SMILES string of the molecule is Cc1cc(-c2ccc3ccccc3c2)nnc1Cl. The zero-order valence-electron chi connectivity index (χ0n) is 9.89. The van der Waals surface area contributed by atoms with Gasteiger partial charge in [0.15, 0.2) is 5.15 Å². The lowest BCUT2D eigenvalue weighted by atomic mass is 10.0. The zero-order chi connectivity index (χ0) is 12.5. The lowest BCUT2D eigenvalue weighted by molar-refractivity contribution is 1.02. The number of aromatic nitrogens is 2. The number of hydrogen-bond acceptors (Lipinski definition) is 2. The van der Waals surface area contributed by atoms with Crippen LogP contribution in [0.25, 0.3) is 22.0 Å². The fraction of sp³-hybridized carbons (Fsp3) is 0.0667. The van der Waals surface area contributed by atoms with E-state index in [1.807, 2.05) is 25.1 Å². The van der Waals surface area contributed by atoms with E-state index in [2.05, 4.69) is 40.5 Å².